The van der Waals surface area contributed by atoms with Crippen LogP contribution in [-0.2, 0) is 20.7 Å². The van der Waals surface area contributed by atoms with Crippen LogP contribution >= 0.6 is 0 Å². The summed E-state index contributed by atoms with van der Waals surface area (Å²) in [5.41, 5.74) is 0.805. The molecule has 1 heterocycles. The van der Waals surface area contributed by atoms with Gasteiger partial charge in [0, 0.05) is 6.42 Å². The molecule has 1 aliphatic rings. The highest BCUT2D eigenvalue weighted by atomic mass is 19.1. The van der Waals surface area contributed by atoms with Gasteiger partial charge in [-0.2, -0.15) is 0 Å². The van der Waals surface area contributed by atoms with Crippen molar-refractivity contribution in [3.05, 3.63) is 35.6 Å². The minimum absolute atomic E-state index is 0.00138. The molecule has 1 aromatic carbocycles. The highest BCUT2D eigenvalue weighted by Gasteiger charge is 2.19. The van der Waals surface area contributed by atoms with E-state index in [9.17, 15) is 9.18 Å². The van der Waals surface area contributed by atoms with Gasteiger partial charge in [-0.15, -0.1) is 0 Å². The summed E-state index contributed by atoms with van der Waals surface area (Å²) < 4.78 is 22.8. The number of benzene rings is 1. The SMILES string of the molecule is O=C(COC1COC1)Cc1ccc(F)cc1. The predicted octanol–water partition coefficient (Wildman–Crippen LogP) is 1.35. The molecule has 0 bridgehead atoms. The van der Waals surface area contributed by atoms with Gasteiger partial charge < -0.3 is 9.47 Å². The van der Waals surface area contributed by atoms with E-state index in [1.165, 1.54) is 12.1 Å². The molecular formula is C12H13FO3. The summed E-state index contributed by atoms with van der Waals surface area (Å²) in [6, 6.07) is 5.92. The van der Waals surface area contributed by atoms with Crippen molar-refractivity contribution in [3.8, 4) is 0 Å². The number of rotatable bonds is 5. The monoisotopic (exact) mass is 224 g/mol. The fourth-order valence-electron chi connectivity index (χ4n) is 1.40. The summed E-state index contributed by atoms with van der Waals surface area (Å²) in [4.78, 5) is 11.5. The summed E-state index contributed by atoms with van der Waals surface area (Å²) >= 11 is 0. The maximum Gasteiger partial charge on any atom is 0.162 e. The first kappa shape index (κ1) is 11.2. The van der Waals surface area contributed by atoms with Gasteiger partial charge >= 0.3 is 0 Å². The third-order valence-electron chi connectivity index (χ3n) is 2.40. The summed E-state index contributed by atoms with van der Waals surface area (Å²) in [5, 5.41) is 0. The molecule has 0 radical (unpaired) electrons. The molecule has 2 rings (SSSR count). The Morgan fingerprint density at radius 1 is 1.38 bits per heavy atom. The Morgan fingerprint density at radius 2 is 2.06 bits per heavy atom. The zero-order chi connectivity index (χ0) is 11.4. The van der Waals surface area contributed by atoms with Gasteiger partial charge in [-0.1, -0.05) is 12.1 Å². The lowest BCUT2D eigenvalue weighted by Gasteiger charge is -2.25. The van der Waals surface area contributed by atoms with E-state index in [2.05, 4.69) is 0 Å². The van der Waals surface area contributed by atoms with Crippen LogP contribution in [0.3, 0.4) is 0 Å². The van der Waals surface area contributed by atoms with E-state index in [0.717, 1.165) is 5.56 Å². The molecule has 0 atom stereocenters. The van der Waals surface area contributed by atoms with Crippen LogP contribution in [0.1, 0.15) is 5.56 Å². The molecule has 1 fully saturated rings. The van der Waals surface area contributed by atoms with Gasteiger partial charge in [-0.3, -0.25) is 4.79 Å². The second-order valence-electron chi connectivity index (χ2n) is 3.81. The van der Waals surface area contributed by atoms with E-state index in [4.69, 9.17) is 9.47 Å². The van der Waals surface area contributed by atoms with Crippen molar-refractivity contribution >= 4 is 5.78 Å². The highest BCUT2D eigenvalue weighted by Crippen LogP contribution is 2.07. The average molecular weight is 224 g/mol. The maximum absolute atomic E-state index is 12.6. The number of carbonyl (C=O) groups is 1. The van der Waals surface area contributed by atoms with Crippen LogP contribution < -0.4 is 0 Å². The Labute approximate surface area is 93.2 Å². The maximum atomic E-state index is 12.6. The van der Waals surface area contributed by atoms with Crippen LogP contribution in [0.25, 0.3) is 0 Å². The fraction of sp³-hybridized carbons (Fsp3) is 0.417. The minimum Gasteiger partial charge on any atom is -0.376 e. The van der Waals surface area contributed by atoms with E-state index in [1.807, 2.05) is 0 Å². The van der Waals surface area contributed by atoms with E-state index < -0.39 is 0 Å². The molecule has 16 heavy (non-hydrogen) atoms. The first-order valence-corrected chi connectivity index (χ1v) is 5.19. The Balaban J connectivity index is 1.75. The number of ether oxygens (including phenoxy) is 2. The van der Waals surface area contributed by atoms with Crippen molar-refractivity contribution in [1.82, 2.24) is 0 Å². The van der Waals surface area contributed by atoms with Crippen molar-refractivity contribution in [1.29, 1.82) is 0 Å². The Hall–Kier alpha value is -1.26. The summed E-state index contributed by atoms with van der Waals surface area (Å²) in [5.74, 6) is -0.294. The molecule has 0 amide bonds. The van der Waals surface area contributed by atoms with Crippen molar-refractivity contribution in [3.63, 3.8) is 0 Å². The minimum atomic E-state index is -0.293. The molecule has 1 aliphatic heterocycles. The van der Waals surface area contributed by atoms with Gasteiger partial charge in [0.05, 0.1) is 13.2 Å². The second kappa shape index (κ2) is 5.18. The molecule has 0 saturated carbocycles. The van der Waals surface area contributed by atoms with Crippen LogP contribution in [-0.4, -0.2) is 31.7 Å². The van der Waals surface area contributed by atoms with Crippen molar-refractivity contribution in [2.24, 2.45) is 0 Å². The third-order valence-corrected chi connectivity index (χ3v) is 2.40. The van der Waals surface area contributed by atoms with Crippen molar-refractivity contribution in [2.45, 2.75) is 12.5 Å². The number of hydrogen-bond acceptors (Lipinski definition) is 3. The quantitative estimate of drug-likeness (QED) is 0.757. The Bertz CT molecular complexity index is 357. The van der Waals surface area contributed by atoms with Gasteiger partial charge in [0.25, 0.3) is 0 Å². The van der Waals surface area contributed by atoms with Gasteiger partial charge in [-0.25, -0.2) is 4.39 Å². The highest BCUT2D eigenvalue weighted by molar-refractivity contribution is 5.82. The van der Waals surface area contributed by atoms with E-state index in [-0.39, 0.29) is 30.7 Å². The van der Waals surface area contributed by atoms with Crippen LogP contribution in [0, 0.1) is 5.82 Å². The van der Waals surface area contributed by atoms with Crippen molar-refractivity contribution < 1.29 is 18.7 Å². The van der Waals surface area contributed by atoms with Crippen LogP contribution in [0.4, 0.5) is 4.39 Å². The van der Waals surface area contributed by atoms with Gasteiger partial charge in [0.15, 0.2) is 5.78 Å². The average Bonchev–Trinajstić information content (AvgIpc) is 2.19. The molecule has 3 nitrogen and oxygen atoms in total. The van der Waals surface area contributed by atoms with Crippen LogP contribution in [0.15, 0.2) is 24.3 Å². The number of ketones is 1. The molecule has 0 N–H and O–H groups in total. The molecule has 0 aromatic heterocycles. The molecule has 1 aromatic rings. The third kappa shape index (κ3) is 3.12. The lowest BCUT2D eigenvalue weighted by molar-refractivity contribution is -0.146. The van der Waals surface area contributed by atoms with Crippen LogP contribution in [0.2, 0.25) is 0 Å². The van der Waals surface area contributed by atoms with Crippen molar-refractivity contribution in [2.75, 3.05) is 19.8 Å². The van der Waals surface area contributed by atoms with E-state index in [0.29, 0.717) is 13.2 Å². The van der Waals surface area contributed by atoms with E-state index in [1.54, 1.807) is 12.1 Å². The number of halogens is 1. The Morgan fingerprint density at radius 3 is 2.62 bits per heavy atom. The summed E-state index contributed by atoms with van der Waals surface area (Å²) in [6.45, 7) is 1.25. The number of hydrogen-bond donors (Lipinski definition) is 0. The molecule has 4 heteroatoms. The summed E-state index contributed by atoms with van der Waals surface area (Å²) in [7, 11) is 0. The largest absolute Gasteiger partial charge is 0.376 e. The zero-order valence-corrected chi connectivity index (χ0v) is 8.82. The smallest absolute Gasteiger partial charge is 0.162 e. The second-order valence-corrected chi connectivity index (χ2v) is 3.81. The molecule has 0 unspecified atom stereocenters. The molecule has 1 saturated heterocycles. The Kier molecular flexibility index (Phi) is 3.64. The van der Waals surface area contributed by atoms with Gasteiger partial charge in [0.1, 0.15) is 18.5 Å². The topological polar surface area (TPSA) is 35.5 Å². The predicted molar refractivity (Wildman–Crippen MR) is 55.7 cm³/mol. The molecular weight excluding hydrogens is 211 g/mol. The standard InChI is InChI=1S/C12H13FO3/c13-10-3-1-9(2-4-10)5-11(14)6-16-12-7-15-8-12/h1-4,12H,5-8H2. The van der Waals surface area contributed by atoms with E-state index >= 15 is 0 Å². The zero-order valence-electron chi connectivity index (χ0n) is 8.82. The fourth-order valence-corrected chi connectivity index (χ4v) is 1.40. The lowest BCUT2D eigenvalue weighted by Crippen LogP contribution is -2.37. The molecule has 0 spiro atoms. The lowest BCUT2D eigenvalue weighted by atomic mass is 10.1. The molecule has 86 valence electrons. The first-order valence-electron chi connectivity index (χ1n) is 5.19. The first-order chi connectivity index (χ1) is 7.74. The summed E-state index contributed by atoms with van der Waals surface area (Å²) in [6.07, 6.45) is 0.352. The molecule has 0 aliphatic carbocycles. The number of Topliss-reactive ketones (excluding diaryl/α,β-unsaturated/α-hetero) is 1. The van der Waals surface area contributed by atoms with Gasteiger partial charge in [0.2, 0.25) is 0 Å². The van der Waals surface area contributed by atoms with Gasteiger partial charge in [-0.05, 0) is 17.7 Å². The van der Waals surface area contributed by atoms with Crippen LogP contribution in [0.5, 0.6) is 0 Å². The normalized spacial score (nSPS) is 15.8. The number of carbonyl (C=O) groups excluding carboxylic acids is 1.